The van der Waals surface area contributed by atoms with Gasteiger partial charge in [0.15, 0.2) is 5.76 Å². The third-order valence-corrected chi connectivity index (χ3v) is 3.15. The van der Waals surface area contributed by atoms with Crippen LogP contribution >= 0.6 is 0 Å². The highest BCUT2D eigenvalue weighted by Crippen LogP contribution is 2.21. The molecule has 2 nitrogen and oxygen atoms in total. The van der Waals surface area contributed by atoms with Gasteiger partial charge in [-0.1, -0.05) is 13.3 Å². The number of rotatable bonds is 7. The standard InChI is InChI=1S/C16H20FNO/c1-2-3-4-11-18-12-15-9-10-16(19-15)13-5-7-14(17)8-6-13/h5-10,18H,2-4,11-12H2,1H3/p+1. The Morgan fingerprint density at radius 2 is 1.84 bits per heavy atom. The van der Waals surface area contributed by atoms with Gasteiger partial charge in [0, 0.05) is 5.56 Å². The summed E-state index contributed by atoms with van der Waals surface area (Å²) in [6.45, 7) is 4.22. The first-order valence-electron chi connectivity index (χ1n) is 6.96. The van der Waals surface area contributed by atoms with Crippen LogP contribution < -0.4 is 5.32 Å². The van der Waals surface area contributed by atoms with Gasteiger partial charge >= 0.3 is 0 Å². The molecule has 0 aliphatic carbocycles. The monoisotopic (exact) mass is 262 g/mol. The molecule has 1 heterocycles. The van der Waals surface area contributed by atoms with Crippen LogP contribution in [-0.4, -0.2) is 6.54 Å². The molecule has 1 aromatic heterocycles. The van der Waals surface area contributed by atoms with Crippen LogP contribution in [0.15, 0.2) is 40.8 Å². The molecule has 0 saturated carbocycles. The Hall–Kier alpha value is -1.61. The van der Waals surface area contributed by atoms with Crippen molar-refractivity contribution in [2.45, 2.75) is 32.7 Å². The maximum absolute atomic E-state index is 12.8. The molecule has 102 valence electrons. The molecule has 0 aliphatic heterocycles. The molecule has 3 heteroatoms. The van der Waals surface area contributed by atoms with E-state index in [0.717, 1.165) is 30.2 Å². The van der Waals surface area contributed by atoms with Crippen molar-refractivity contribution in [1.29, 1.82) is 0 Å². The highest BCUT2D eigenvalue weighted by Gasteiger charge is 2.06. The van der Waals surface area contributed by atoms with E-state index in [9.17, 15) is 4.39 Å². The summed E-state index contributed by atoms with van der Waals surface area (Å²) in [5.41, 5.74) is 0.915. The molecule has 0 amide bonds. The van der Waals surface area contributed by atoms with Crippen molar-refractivity contribution in [3.63, 3.8) is 0 Å². The highest BCUT2D eigenvalue weighted by molar-refractivity contribution is 5.57. The van der Waals surface area contributed by atoms with Crippen molar-refractivity contribution >= 4 is 0 Å². The first-order chi connectivity index (χ1) is 9.29. The Bertz CT molecular complexity index is 490. The predicted molar refractivity (Wildman–Crippen MR) is 74.1 cm³/mol. The number of furan rings is 1. The number of quaternary nitrogens is 1. The average molecular weight is 262 g/mol. The summed E-state index contributed by atoms with van der Waals surface area (Å²) in [6, 6.07) is 10.3. The Kier molecular flexibility index (Phi) is 5.16. The van der Waals surface area contributed by atoms with E-state index >= 15 is 0 Å². The summed E-state index contributed by atoms with van der Waals surface area (Å²) < 4.78 is 18.6. The van der Waals surface area contributed by atoms with Crippen LogP contribution in [0.5, 0.6) is 0 Å². The van der Waals surface area contributed by atoms with Gasteiger partial charge in [0.05, 0.1) is 6.54 Å². The van der Waals surface area contributed by atoms with E-state index in [0.29, 0.717) is 0 Å². The Morgan fingerprint density at radius 1 is 1.05 bits per heavy atom. The zero-order valence-corrected chi connectivity index (χ0v) is 11.4. The first-order valence-corrected chi connectivity index (χ1v) is 6.96. The van der Waals surface area contributed by atoms with E-state index < -0.39 is 0 Å². The second-order valence-electron chi connectivity index (χ2n) is 4.76. The van der Waals surface area contributed by atoms with Crippen molar-refractivity contribution in [2.75, 3.05) is 6.54 Å². The molecule has 19 heavy (non-hydrogen) atoms. The van der Waals surface area contributed by atoms with Crippen LogP contribution in [-0.2, 0) is 6.54 Å². The van der Waals surface area contributed by atoms with Gasteiger partial charge in [-0.2, -0.15) is 0 Å². The molecule has 2 N–H and O–H groups in total. The molecule has 2 aromatic rings. The molecule has 0 saturated heterocycles. The van der Waals surface area contributed by atoms with Crippen molar-refractivity contribution in [3.05, 3.63) is 48.0 Å². The topological polar surface area (TPSA) is 29.8 Å². The molecule has 0 aliphatic rings. The largest absolute Gasteiger partial charge is 0.455 e. The van der Waals surface area contributed by atoms with Crippen LogP contribution in [0.3, 0.4) is 0 Å². The van der Waals surface area contributed by atoms with E-state index in [-0.39, 0.29) is 5.82 Å². The van der Waals surface area contributed by atoms with Crippen molar-refractivity contribution < 1.29 is 14.1 Å². The SMILES string of the molecule is CCCCC[NH2+]Cc1ccc(-c2ccc(F)cc2)o1. The van der Waals surface area contributed by atoms with Gasteiger partial charge in [0.2, 0.25) is 0 Å². The number of hydrogen-bond donors (Lipinski definition) is 1. The maximum atomic E-state index is 12.8. The minimum absolute atomic E-state index is 0.222. The van der Waals surface area contributed by atoms with Crippen LogP contribution in [0.2, 0.25) is 0 Å². The molecule has 0 radical (unpaired) electrons. The summed E-state index contributed by atoms with van der Waals surface area (Å²) in [5, 5.41) is 2.27. The minimum atomic E-state index is -0.222. The van der Waals surface area contributed by atoms with Gasteiger partial charge < -0.3 is 9.73 Å². The van der Waals surface area contributed by atoms with E-state index in [2.05, 4.69) is 12.2 Å². The number of hydrogen-bond acceptors (Lipinski definition) is 1. The van der Waals surface area contributed by atoms with Gasteiger partial charge in [0.25, 0.3) is 0 Å². The van der Waals surface area contributed by atoms with E-state index in [1.54, 1.807) is 12.1 Å². The highest BCUT2D eigenvalue weighted by atomic mass is 19.1. The number of benzene rings is 1. The molecule has 2 rings (SSSR count). The lowest BCUT2D eigenvalue weighted by molar-refractivity contribution is -0.672. The van der Waals surface area contributed by atoms with E-state index in [1.807, 2.05) is 12.1 Å². The predicted octanol–water partition coefficient (Wildman–Crippen LogP) is 3.34. The van der Waals surface area contributed by atoms with Gasteiger partial charge in [-0.3, -0.25) is 0 Å². The van der Waals surface area contributed by atoms with Gasteiger partial charge in [-0.25, -0.2) is 4.39 Å². The minimum Gasteiger partial charge on any atom is -0.455 e. The quantitative estimate of drug-likeness (QED) is 0.762. The molecular weight excluding hydrogens is 241 g/mol. The number of halogens is 1. The maximum Gasteiger partial charge on any atom is 0.158 e. The second kappa shape index (κ2) is 7.10. The fourth-order valence-corrected chi connectivity index (χ4v) is 2.04. The normalized spacial score (nSPS) is 10.8. The Morgan fingerprint density at radius 3 is 2.58 bits per heavy atom. The van der Waals surface area contributed by atoms with Gasteiger partial charge in [0.1, 0.15) is 18.1 Å². The number of nitrogens with two attached hydrogens (primary N) is 1. The van der Waals surface area contributed by atoms with Crippen LogP contribution in [0.4, 0.5) is 4.39 Å². The molecular formula is C16H21FNO+. The zero-order valence-electron chi connectivity index (χ0n) is 11.4. The Labute approximate surface area is 113 Å². The fourth-order valence-electron chi connectivity index (χ4n) is 2.04. The van der Waals surface area contributed by atoms with Crippen molar-refractivity contribution in [3.8, 4) is 11.3 Å². The summed E-state index contributed by atoms with van der Waals surface area (Å²) in [7, 11) is 0. The van der Waals surface area contributed by atoms with Gasteiger partial charge in [-0.05, 0) is 49.2 Å². The van der Waals surface area contributed by atoms with Crippen LogP contribution in [0, 0.1) is 5.82 Å². The van der Waals surface area contributed by atoms with Crippen LogP contribution in [0.1, 0.15) is 31.9 Å². The summed E-state index contributed by atoms with van der Waals surface area (Å²) in [5.74, 6) is 1.55. The van der Waals surface area contributed by atoms with E-state index in [4.69, 9.17) is 4.42 Å². The third-order valence-electron chi connectivity index (χ3n) is 3.15. The van der Waals surface area contributed by atoms with Gasteiger partial charge in [-0.15, -0.1) is 0 Å². The lowest BCUT2D eigenvalue weighted by atomic mass is 10.2. The summed E-state index contributed by atoms with van der Waals surface area (Å²) in [6.07, 6.45) is 3.79. The summed E-state index contributed by atoms with van der Waals surface area (Å²) in [4.78, 5) is 0. The first kappa shape index (κ1) is 13.8. The second-order valence-corrected chi connectivity index (χ2v) is 4.76. The summed E-state index contributed by atoms with van der Waals surface area (Å²) >= 11 is 0. The lowest BCUT2D eigenvalue weighted by Gasteiger charge is -1.99. The zero-order chi connectivity index (χ0) is 13.5. The van der Waals surface area contributed by atoms with E-state index in [1.165, 1.54) is 31.4 Å². The number of unbranched alkanes of at least 4 members (excludes halogenated alkanes) is 2. The molecule has 0 spiro atoms. The molecule has 0 fully saturated rings. The third kappa shape index (κ3) is 4.21. The van der Waals surface area contributed by atoms with Crippen molar-refractivity contribution in [1.82, 2.24) is 0 Å². The Balaban J connectivity index is 1.86. The van der Waals surface area contributed by atoms with Crippen molar-refractivity contribution in [2.24, 2.45) is 0 Å². The molecule has 0 bridgehead atoms. The molecule has 1 aromatic carbocycles. The fraction of sp³-hybridized carbons (Fsp3) is 0.375. The molecule has 0 atom stereocenters. The smallest absolute Gasteiger partial charge is 0.158 e. The lowest BCUT2D eigenvalue weighted by Crippen LogP contribution is -2.82. The van der Waals surface area contributed by atoms with Crippen LogP contribution in [0.25, 0.3) is 11.3 Å². The molecule has 0 unspecified atom stereocenters. The average Bonchev–Trinajstić information content (AvgIpc) is 2.88.